The molecule has 0 spiro atoms. The number of nitrogens with one attached hydrogen (secondary N) is 1. The first-order valence-electron chi connectivity index (χ1n) is 6.02. The minimum Gasteiger partial charge on any atom is -0.359 e. The van der Waals surface area contributed by atoms with Crippen molar-refractivity contribution >= 4 is 23.1 Å². The van der Waals surface area contributed by atoms with Crippen molar-refractivity contribution in [3.8, 4) is 0 Å². The largest absolute Gasteiger partial charge is 0.359 e. The Morgan fingerprint density at radius 1 is 1.47 bits per heavy atom. The van der Waals surface area contributed by atoms with Gasteiger partial charge in [-0.1, -0.05) is 25.9 Å². The number of hydrogen-bond acceptors (Lipinski definition) is 5. The maximum absolute atomic E-state index is 11.8. The van der Waals surface area contributed by atoms with Gasteiger partial charge in [0.15, 0.2) is 5.82 Å². The molecule has 1 N–H and O–H groups in total. The monoisotopic (exact) mass is 279 g/mol. The summed E-state index contributed by atoms with van der Waals surface area (Å²) in [6.07, 6.45) is 0.252. The van der Waals surface area contributed by atoms with E-state index in [0.717, 1.165) is 16.5 Å². The number of anilines is 1. The van der Waals surface area contributed by atoms with Gasteiger partial charge >= 0.3 is 0 Å². The second-order valence-electron chi connectivity index (χ2n) is 5.41. The van der Waals surface area contributed by atoms with Gasteiger partial charge < -0.3 is 9.84 Å². The van der Waals surface area contributed by atoms with Crippen molar-refractivity contribution in [2.45, 2.75) is 39.5 Å². The highest BCUT2D eigenvalue weighted by atomic mass is 32.1. The van der Waals surface area contributed by atoms with Crippen molar-refractivity contribution in [3.63, 3.8) is 0 Å². The van der Waals surface area contributed by atoms with Crippen LogP contribution in [0.15, 0.2) is 16.0 Å². The van der Waals surface area contributed by atoms with Crippen LogP contribution in [0.25, 0.3) is 0 Å². The van der Waals surface area contributed by atoms with Gasteiger partial charge in [0.25, 0.3) is 0 Å². The maximum Gasteiger partial charge on any atom is 0.231 e. The van der Waals surface area contributed by atoms with Gasteiger partial charge in [-0.3, -0.25) is 4.79 Å². The molecule has 2 aromatic heterocycles. The molecule has 2 aromatic rings. The first-order chi connectivity index (χ1) is 8.84. The number of rotatable bonds is 3. The average Bonchev–Trinajstić information content (AvgIpc) is 2.87. The molecule has 1 amide bonds. The molecule has 0 atom stereocenters. The third-order valence-corrected chi connectivity index (χ3v) is 3.35. The first kappa shape index (κ1) is 13.7. The Bertz CT molecular complexity index is 581. The highest BCUT2D eigenvalue weighted by Crippen LogP contribution is 2.24. The van der Waals surface area contributed by atoms with Gasteiger partial charge in [0.05, 0.1) is 17.1 Å². The Hall–Kier alpha value is -1.69. The number of aromatic nitrogens is 2. The second kappa shape index (κ2) is 5.13. The van der Waals surface area contributed by atoms with Crippen LogP contribution >= 0.6 is 11.3 Å². The topological polar surface area (TPSA) is 68.0 Å². The third kappa shape index (κ3) is 3.64. The lowest BCUT2D eigenvalue weighted by Crippen LogP contribution is -2.15. The summed E-state index contributed by atoms with van der Waals surface area (Å²) >= 11 is 1.53. The number of hydrogen-bond donors (Lipinski definition) is 1. The van der Waals surface area contributed by atoms with Crippen LogP contribution in [0.5, 0.6) is 0 Å². The molecule has 19 heavy (non-hydrogen) atoms. The van der Waals surface area contributed by atoms with Gasteiger partial charge in [0.1, 0.15) is 5.76 Å². The molecule has 0 saturated heterocycles. The van der Waals surface area contributed by atoms with Crippen LogP contribution in [0.1, 0.15) is 37.2 Å². The van der Waals surface area contributed by atoms with Crippen molar-refractivity contribution in [2.75, 3.05) is 5.32 Å². The Morgan fingerprint density at radius 2 is 2.21 bits per heavy atom. The molecule has 0 unspecified atom stereocenters. The molecular weight excluding hydrogens is 262 g/mol. The Balaban J connectivity index is 1.97. The summed E-state index contributed by atoms with van der Waals surface area (Å²) in [6, 6.07) is 1.75. The molecule has 0 aliphatic rings. The number of carbonyl (C=O) groups is 1. The van der Waals surface area contributed by atoms with E-state index in [1.807, 2.05) is 33.1 Å². The van der Waals surface area contributed by atoms with Crippen molar-refractivity contribution in [2.24, 2.45) is 0 Å². The predicted octanol–water partition coefficient (Wildman–Crippen LogP) is 2.92. The highest BCUT2D eigenvalue weighted by Gasteiger charge is 2.20. The summed E-state index contributed by atoms with van der Waals surface area (Å²) in [5, 5.41) is 9.40. The molecule has 0 aliphatic heterocycles. The highest BCUT2D eigenvalue weighted by molar-refractivity contribution is 7.09. The van der Waals surface area contributed by atoms with Crippen LogP contribution in [0, 0.1) is 6.92 Å². The number of thiazole rings is 1. The van der Waals surface area contributed by atoms with Crippen molar-refractivity contribution in [1.29, 1.82) is 0 Å². The van der Waals surface area contributed by atoms with Crippen molar-refractivity contribution in [1.82, 2.24) is 10.1 Å². The van der Waals surface area contributed by atoms with E-state index in [0.29, 0.717) is 5.82 Å². The third-order valence-electron chi connectivity index (χ3n) is 2.53. The number of carbonyl (C=O) groups excluding carboxylic acids is 1. The Kier molecular flexibility index (Phi) is 3.71. The van der Waals surface area contributed by atoms with E-state index in [4.69, 9.17) is 4.52 Å². The van der Waals surface area contributed by atoms with Crippen LogP contribution in [0.4, 0.5) is 5.82 Å². The van der Waals surface area contributed by atoms with E-state index in [2.05, 4.69) is 15.5 Å². The fraction of sp³-hybridized carbons (Fsp3) is 0.462. The fourth-order valence-electron chi connectivity index (χ4n) is 1.53. The number of amides is 1. The zero-order valence-electron chi connectivity index (χ0n) is 11.5. The molecule has 0 fully saturated rings. The molecule has 0 aliphatic carbocycles. The normalized spacial score (nSPS) is 11.6. The lowest BCUT2D eigenvalue weighted by atomic mass is 9.93. The lowest BCUT2D eigenvalue weighted by molar-refractivity contribution is -0.115. The van der Waals surface area contributed by atoms with Crippen molar-refractivity contribution < 1.29 is 9.32 Å². The molecule has 0 bridgehead atoms. The van der Waals surface area contributed by atoms with Gasteiger partial charge in [-0.15, -0.1) is 11.3 Å². The van der Waals surface area contributed by atoms with E-state index < -0.39 is 0 Å². The number of nitrogens with zero attached hydrogens (tertiary/aromatic N) is 2. The maximum atomic E-state index is 11.8. The minimum atomic E-state index is -0.140. The summed E-state index contributed by atoms with van der Waals surface area (Å²) in [5.74, 6) is 1.05. The zero-order valence-corrected chi connectivity index (χ0v) is 12.3. The minimum absolute atomic E-state index is 0.123. The summed E-state index contributed by atoms with van der Waals surface area (Å²) in [6.45, 7) is 7.99. The van der Waals surface area contributed by atoms with Gasteiger partial charge in [-0.25, -0.2) is 4.98 Å². The number of aryl methyl sites for hydroxylation is 1. The molecule has 2 rings (SSSR count). The molecule has 0 aromatic carbocycles. The standard InChI is InChI=1S/C13H17N3O2S/c1-8-14-9(7-19-8)5-12(17)15-11-6-10(18-16-11)13(2,3)4/h6-7H,5H2,1-4H3,(H,15,16,17). The van der Waals surface area contributed by atoms with Gasteiger partial charge in [-0.2, -0.15) is 0 Å². The van der Waals surface area contributed by atoms with Crippen LogP contribution in [-0.4, -0.2) is 16.0 Å². The molecule has 2 heterocycles. The predicted molar refractivity (Wildman–Crippen MR) is 74.4 cm³/mol. The van der Waals surface area contributed by atoms with E-state index in [-0.39, 0.29) is 17.7 Å². The quantitative estimate of drug-likeness (QED) is 0.938. The first-order valence-corrected chi connectivity index (χ1v) is 6.90. The Labute approximate surface area is 116 Å². The summed E-state index contributed by atoms with van der Waals surface area (Å²) in [4.78, 5) is 16.1. The van der Waals surface area contributed by atoms with Crippen molar-refractivity contribution in [3.05, 3.63) is 27.9 Å². The molecule has 6 heteroatoms. The lowest BCUT2D eigenvalue weighted by Gasteiger charge is -2.11. The molecule has 5 nitrogen and oxygen atoms in total. The Morgan fingerprint density at radius 3 is 2.74 bits per heavy atom. The summed E-state index contributed by atoms with van der Waals surface area (Å²) in [7, 11) is 0. The molecule has 0 saturated carbocycles. The van der Waals surface area contributed by atoms with E-state index in [9.17, 15) is 4.79 Å². The summed E-state index contributed by atoms with van der Waals surface area (Å²) < 4.78 is 5.21. The molecule has 102 valence electrons. The molecule has 0 radical (unpaired) electrons. The summed E-state index contributed by atoms with van der Waals surface area (Å²) in [5.41, 5.74) is 0.654. The van der Waals surface area contributed by atoms with Crippen LogP contribution < -0.4 is 5.32 Å². The van der Waals surface area contributed by atoms with Crippen LogP contribution in [0.2, 0.25) is 0 Å². The second-order valence-corrected chi connectivity index (χ2v) is 6.47. The van der Waals surface area contributed by atoms with Crippen LogP contribution in [0.3, 0.4) is 0 Å². The smallest absolute Gasteiger partial charge is 0.231 e. The van der Waals surface area contributed by atoms with Gasteiger partial charge in [-0.05, 0) is 6.92 Å². The van der Waals surface area contributed by atoms with Crippen LogP contribution in [-0.2, 0) is 16.6 Å². The SMILES string of the molecule is Cc1nc(CC(=O)Nc2cc(C(C)(C)C)on2)cs1. The van der Waals surface area contributed by atoms with Gasteiger partial charge in [0.2, 0.25) is 5.91 Å². The average molecular weight is 279 g/mol. The fourth-order valence-corrected chi connectivity index (χ4v) is 2.14. The zero-order chi connectivity index (χ0) is 14.0. The van der Waals surface area contributed by atoms with E-state index in [1.54, 1.807) is 6.07 Å². The molecular formula is C13H17N3O2S. The van der Waals surface area contributed by atoms with Gasteiger partial charge in [0, 0.05) is 16.9 Å². The van der Waals surface area contributed by atoms with E-state index >= 15 is 0 Å². The van der Waals surface area contributed by atoms with E-state index in [1.165, 1.54) is 11.3 Å².